The number of halogens is 1. The molecule has 1 fully saturated rings. The molecule has 0 atom stereocenters. The number of likely N-dealkylation sites (tertiary alicyclic amines) is 1. The van der Waals surface area contributed by atoms with Gasteiger partial charge in [-0.2, -0.15) is 0 Å². The summed E-state index contributed by atoms with van der Waals surface area (Å²) in [6.45, 7) is 9.00. The van der Waals surface area contributed by atoms with Crippen molar-refractivity contribution in [1.82, 2.24) is 19.9 Å². The van der Waals surface area contributed by atoms with E-state index in [1.807, 2.05) is 31.2 Å². The second-order valence-corrected chi connectivity index (χ2v) is 13.7. The standard InChI is InChI=1S/C28H36FN5O2S/c1-19-16-31-27(33-26-15-24(29)23(17-30-26)22-9-11-34(5)12-10-22)32-25(19)14-20-7-6-8-21(13-20)18-37(35,36)28(2,3)4/h6-8,13,15-17,22H,9-12,14,18H2,1-5H3,(H,30,31,32,33). The molecule has 0 spiro atoms. The smallest absolute Gasteiger partial charge is 0.228 e. The van der Waals surface area contributed by atoms with Crippen molar-refractivity contribution in [3.05, 3.63) is 76.5 Å². The maximum atomic E-state index is 14.9. The lowest BCUT2D eigenvalue weighted by atomic mass is 9.90. The van der Waals surface area contributed by atoms with Gasteiger partial charge < -0.3 is 10.2 Å². The van der Waals surface area contributed by atoms with Crippen molar-refractivity contribution in [3.63, 3.8) is 0 Å². The van der Waals surface area contributed by atoms with Crippen molar-refractivity contribution in [2.45, 2.75) is 63.4 Å². The van der Waals surface area contributed by atoms with Crippen LogP contribution in [0.1, 0.15) is 67.5 Å². The van der Waals surface area contributed by atoms with Gasteiger partial charge in [0, 0.05) is 30.4 Å². The van der Waals surface area contributed by atoms with E-state index >= 15 is 0 Å². The normalized spacial score (nSPS) is 15.6. The SMILES string of the molecule is Cc1cnc(Nc2cc(F)c(C3CCN(C)CC3)cn2)nc1Cc1cccc(CS(=O)(=O)C(C)(C)C)c1. The monoisotopic (exact) mass is 525 g/mol. The van der Waals surface area contributed by atoms with Crippen LogP contribution < -0.4 is 5.32 Å². The zero-order valence-corrected chi connectivity index (χ0v) is 23.1. The van der Waals surface area contributed by atoms with Crippen LogP contribution in [-0.2, 0) is 22.0 Å². The van der Waals surface area contributed by atoms with Gasteiger partial charge in [0.05, 0.1) is 16.2 Å². The van der Waals surface area contributed by atoms with Crippen LogP contribution in [0.25, 0.3) is 0 Å². The molecule has 0 amide bonds. The fraction of sp³-hybridized carbons (Fsp3) is 0.464. The summed E-state index contributed by atoms with van der Waals surface area (Å²) in [6, 6.07) is 8.99. The molecule has 4 rings (SSSR count). The lowest BCUT2D eigenvalue weighted by molar-refractivity contribution is 0.253. The Morgan fingerprint density at radius 1 is 1.08 bits per heavy atom. The second kappa shape index (κ2) is 10.8. The minimum absolute atomic E-state index is 0.00924. The van der Waals surface area contributed by atoms with Crippen LogP contribution in [0.2, 0.25) is 0 Å². The summed E-state index contributed by atoms with van der Waals surface area (Å²) in [7, 11) is -1.20. The van der Waals surface area contributed by atoms with Crippen LogP contribution in [0.5, 0.6) is 0 Å². The number of benzene rings is 1. The van der Waals surface area contributed by atoms with Crippen molar-refractivity contribution >= 4 is 21.6 Å². The highest BCUT2D eigenvalue weighted by Gasteiger charge is 2.29. The van der Waals surface area contributed by atoms with Gasteiger partial charge in [-0.15, -0.1) is 0 Å². The number of hydrogen-bond acceptors (Lipinski definition) is 7. The van der Waals surface area contributed by atoms with Crippen molar-refractivity contribution in [2.24, 2.45) is 0 Å². The highest BCUT2D eigenvalue weighted by atomic mass is 32.2. The number of nitrogens with one attached hydrogen (secondary N) is 1. The van der Waals surface area contributed by atoms with Crippen LogP contribution in [-0.4, -0.2) is 53.2 Å². The zero-order valence-electron chi connectivity index (χ0n) is 22.3. The molecule has 198 valence electrons. The number of hydrogen-bond donors (Lipinski definition) is 1. The number of nitrogens with zero attached hydrogens (tertiary/aromatic N) is 4. The Hall–Kier alpha value is -2.91. The van der Waals surface area contributed by atoms with E-state index in [2.05, 4.69) is 32.2 Å². The molecular weight excluding hydrogens is 489 g/mol. The molecule has 0 bridgehead atoms. The first-order valence-corrected chi connectivity index (χ1v) is 14.3. The van der Waals surface area contributed by atoms with Crippen LogP contribution in [0, 0.1) is 12.7 Å². The molecule has 1 aliphatic heterocycles. The molecule has 1 saturated heterocycles. The van der Waals surface area contributed by atoms with Crippen LogP contribution in [0.15, 0.2) is 42.7 Å². The molecule has 2 aromatic heterocycles. The van der Waals surface area contributed by atoms with Gasteiger partial charge in [0.15, 0.2) is 9.84 Å². The molecule has 1 aliphatic rings. The quantitative estimate of drug-likeness (QED) is 0.455. The van der Waals surface area contributed by atoms with Gasteiger partial charge in [-0.3, -0.25) is 0 Å². The lowest BCUT2D eigenvalue weighted by Crippen LogP contribution is -2.29. The first-order valence-electron chi connectivity index (χ1n) is 12.6. The van der Waals surface area contributed by atoms with Gasteiger partial charge in [-0.05, 0) is 83.3 Å². The van der Waals surface area contributed by atoms with Crippen LogP contribution in [0.4, 0.5) is 16.2 Å². The molecule has 0 aliphatic carbocycles. The number of sulfone groups is 1. The van der Waals surface area contributed by atoms with E-state index in [0.717, 1.165) is 48.3 Å². The van der Waals surface area contributed by atoms with Gasteiger partial charge in [0.2, 0.25) is 5.95 Å². The topological polar surface area (TPSA) is 88.1 Å². The fourth-order valence-corrected chi connectivity index (χ4v) is 5.47. The van der Waals surface area contributed by atoms with Crippen LogP contribution in [0.3, 0.4) is 0 Å². The van der Waals surface area contributed by atoms with Gasteiger partial charge in [0.1, 0.15) is 11.6 Å². The van der Waals surface area contributed by atoms with E-state index in [9.17, 15) is 12.8 Å². The first kappa shape index (κ1) is 27.1. The summed E-state index contributed by atoms with van der Waals surface area (Å²) in [6.07, 6.45) is 5.72. The summed E-state index contributed by atoms with van der Waals surface area (Å²) in [5.41, 5.74) is 4.09. The Labute approximate surface area is 219 Å². The van der Waals surface area contributed by atoms with Gasteiger partial charge in [0.25, 0.3) is 0 Å². The number of piperidine rings is 1. The molecule has 0 radical (unpaired) electrons. The number of aromatic nitrogens is 3. The average Bonchev–Trinajstić information content (AvgIpc) is 2.81. The Morgan fingerprint density at radius 3 is 2.46 bits per heavy atom. The molecule has 1 N–H and O–H groups in total. The highest BCUT2D eigenvalue weighted by molar-refractivity contribution is 7.91. The predicted molar refractivity (Wildman–Crippen MR) is 145 cm³/mol. The molecule has 1 aromatic carbocycles. The largest absolute Gasteiger partial charge is 0.309 e. The molecule has 3 aromatic rings. The fourth-order valence-electron chi connectivity index (χ4n) is 4.42. The summed E-state index contributed by atoms with van der Waals surface area (Å²) < 4.78 is 39.4. The molecule has 9 heteroatoms. The number of rotatable bonds is 7. The van der Waals surface area contributed by atoms with Crippen molar-refractivity contribution < 1.29 is 12.8 Å². The van der Waals surface area contributed by atoms with Crippen LogP contribution >= 0.6 is 0 Å². The minimum Gasteiger partial charge on any atom is -0.309 e. The highest BCUT2D eigenvalue weighted by Crippen LogP contribution is 2.30. The Morgan fingerprint density at radius 2 is 1.78 bits per heavy atom. The van der Waals surface area contributed by atoms with Crippen molar-refractivity contribution in [2.75, 3.05) is 25.5 Å². The number of aryl methyl sites for hydroxylation is 1. The molecule has 0 unspecified atom stereocenters. The number of anilines is 2. The molecule has 37 heavy (non-hydrogen) atoms. The average molecular weight is 526 g/mol. The molecular formula is C28H36FN5O2S. The van der Waals surface area contributed by atoms with Crippen molar-refractivity contribution in [3.8, 4) is 0 Å². The number of pyridine rings is 1. The van der Waals surface area contributed by atoms with E-state index < -0.39 is 14.6 Å². The summed E-state index contributed by atoms with van der Waals surface area (Å²) in [5.74, 6) is 0.616. The first-order chi connectivity index (χ1) is 17.4. The molecule has 0 saturated carbocycles. The van der Waals surface area contributed by atoms with Gasteiger partial charge >= 0.3 is 0 Å². The minimum atomic E-state index is -3.28. The van der Waals surface area contributed by atoms with Crippen molar-refractivity contribution in [1.29, 1.82) is 0 Å². The third-order valence-electron chi connectivity index (χ3n) is 7.01. The third-order valence-corrected chi connectivity index (χ3v) is 9.59. The van der Waals surface area contributed by atoms with Gasteiger partial charge in [-0.25, -0.2) is 27.8 Å². The van der Waals surface area contributed by atoms with E-state index in [1.165, 1.54) is 6.07 Å². The Balaban J connectivity index is 1.48. The van der Waals surface area contributed by atoms with E-state index in [-0.39, 0.29) is 17.5 Å². The predicted octanol–water partition coefficient (Wildman–Crippen LogP) is 5.18. The molecule has 7 nitrogen and oxygen atoms in total. The summed E-state index contributed by atoms with van der Waals surface area (Å²) in [4.78, 5) is 15.7. The van der Waals surface area contributed by atoms with E-state index in [1.54, 1.807) is 33.2 Å². The van der Waals surface area contributed by atoms with E-state index in [0.29, 0.717) is 23.8 Å². The zero-order chi connectivity index (χ0) is 26.8. The third kappa shape index (κ3) is 6.70. The Kier molecular flexibility index (Phi) is 7.94. The summed E-state index contributed by atoms with van der Waals surface area (Å²) >= 11 is 0. The lowest BCUT2D eigenvalue weighted by Gasteiger charge is -2.29. The van der Waals surface area contributed by atoms with Gasteiger partial charge in [-0.1, -0.05) is 24.3 Å². The summed E-state index contributed by atoms with van der Waals surface area (Å²) in [5, 5.41) is 3.03. The Bertz CT molecular complexity index is 1360. The molecule has 3 heterocycles. The maximum Gasteiger partial charge on any atom is 0.228 e. The second-order valence-electron chi connectivity index (χ2n) is 11.0. The maximum absolute atomic E-state index is 14.9. The van der Waals surface area contributed by atoms with E-state index in [4.69, 9.17) is 0 Å².